The largest absolute Gasteiger partial charge is 0.352 e. The Hall–Kier alpha value is -2.21. The van der Waals surface area contributed by atoms with Crippen molar-refractivity contribution in [1.29, 1.82) is 0 Å². The van der Waals surface area contributed by atoms with E-state index in [4.69, 9.17) is 0 Å². The molecule has 1 atom stereocenters. The molecule has 21 heavy (non-hydrogen) atoms. The number of nitro benzene ring substituents is 1. The van der Waals surface area contributed by atoms with Crippen LogP contribution in [0.4, 0.5) is 5.69 Å². The first kappa shape index (κ1) is 15.2. The van der Waals surface area contributed by atoms with E-state index in [1.54, 1.807) is 18.2 Å². The molecule has 1 saturated heterocycles. The van der Waals surface area contributed by atoms with Gasteiger partial charge in [0.25, 0.3) is 5.69 Å². The second-order valence-corrected chi connectivity index (χ2v) is 5.05. The molecule has 0 radical (unpaired) electrons. The lowest BCUT2D eigenvalue weighted by Gasteiger charge is -2.09. The van der Waals surface area contributed by atoms with E-state index in [0.29, 0.717) is 12.6 Å². The first-order valence-corrected chi connectivity index (χ1v) is 7.09. The molecule has 1 fully saturated rings. The normalized spacial score (nSPS) is 18.0. The predicted molar refractivity (Wildman–Crippen MR) is 80.8 cm³/mol. The number of rotatable bonds is 6. The molecule has 1 aromatic rings. The van der Waals surface area contributed by atoms with Gasteiger partial charge in [0, 0.05) is 30.8 Å². The molecule has 1 unspecified atom stereocenters. The molecular weight excluding hydrogens is 270 g/mol. The summed E-state index contributed by atoms with van der Waals surface area (Å²) in [4.78, 5) is 21.7. The van der Waals surface area contributed by atoms with Gasteiger partial charge in [-0.3, -0.25) is 14.9 Å². The van der Waals surface area contributed by atoms with Crippen molar-refractivity contribution < 1.29 is 9.72 Å². The molecule has 112 valence electrons. The molecule has 0 spiro atoms. The fraction of sp³-hybridized carbons (Fsp3) is 0.400. The van der Waals surface area contributed by atoms with Crippen LogP contribution in [0.15, 0.2) is 30.3 Å². The minimum absolute atomic E-state index is 0.0423. The summed E-state index contributed by atoms with van der Waals surface area (Å²) in [7, 11) is 0. The summed E-state index contributed by atoms with van der Waals surface area (Å²) in [5.41, 5.74) is 0.800. The van der Waals surface area contributed by atoms with E-state index in [-0.39, 0.29) is 11.6 Å². The molecule has 0 aromatic heterocycles. The summed E-state index contributed by atoms with van der Waals surface area (Å²) < 4.78 is 0. The molecular formula is C15H19N3O3. The van der Waals surface area contributed by atoms with Crippen LogP contribution in [0.3, 0.4) is 0 Å². The molecule has 0 saturated carbocycles. The van der Waals surface area contributed by atoms with Crippen molar-refractivity contribution in [2.24, 2.45) is 0 Å². The van der Waals surface area contributed by atoms with E-state index in [1.165, 1.54) is 31.1 Å². The third kappa shape index (κ3) is 5.00. The Kier molecular flexibility index (Phi) is 5.45. The number of carbonyl (C=O) groups is 1. The van der Waals surface area contributed by atoms with E-state index >= 15 is 0 Å². The average molecular weight is 289 g/mol. The molecule has 6 nitrogen and oxygen atoms in total. The number of hydrogen-bond acceptors (Lipinski definition) is 4. The fourth-order valence-corrected chi connectivity index (χ4v) is 2.31. The van der Waals surface area contributed by atoms with Crippen LogP contribution in [-0.4, -0.2) is 30.0 Å². The number of nitrogens with one attached hydrogen (secondary N) is 2. The summed E-state index contributed by atoms with van der Waals surface area (Å²) in [5, 5.41) is 16.7. The molecule has 2 rings (SSSR count). The Morgan fingerprint density at radius 3 is 2.81 bits per heavy atom. The summed E-state index contributed by atoms with van der Waals surface area (Å²) in [6, 6.07) is 6.59. The Bertz CT molecular complexity index is 519. The second kappa shape index (κ2) is 7.54. The highest BCUT2D eigenvalue weighted by Gasteiger charge is 2.13. The highest BCUT2D eigenvalue weighted by Crippen LogP contribution is 2.12. The SMILES string of the molecule is O=C(/C=C/c1ccc([N+](=O)[O-])cc1)NCCC1CCCN1. The summed E-state index contributed by atoms with van der Waals surface area (Å²) in [6.07, 6.45) is 6.42. The zero-order chi connectivity index (χ0) is 15.1. The van der Waals surface area contributed by atoms with Gasteiger partial charge in [-0.1, -0.05) is 0 Å². The van der Waals surface area contributed by atoms with Crippen molar-refractivity contribution >= 4 is 17.7 Å². The summed E-state index contributed by atoms with van der Waals surface area (Å²) >= 11 is 0. The second-order valence-electron chi connectivity index (χ2n) is 5.05. The number of hydrogen-bond donors (Lipinski definition) is 2. The van der Waals surface area contributed by atoms with E-state index in [0.717, 1.165) is 18.5 Å². The van der Waals surface area contributed by atoms with E-state index in [9.17, 15) is 14.9 Å². The van der Waals surface area contributed by atoms with Crippen molar-refractivity contribution in [3.05, 3.63) is 46.0 Å². The van der Waals surface area contributed by atoms with Crippen LogP contribution in [0.1, 0.15) is 24.8 Å². The molecule has 1 aliphatic rings. The van der Waals surface area contributed by atoms with Gasteiger partial charge in [-0.15, -0.1) is 0 Å². The average Bonchev–Trinajstić information content (AvgIpc) is 2.99. The summed E-state index contributed by atoms with van der Waals surface area (Å²) in [5.74, 6) is -0.147. The molecule has 1 amide bonds. The highest BCUT2D eigenvalue weighted by molar-refractivity contribution is 5.91. The van der Waals surface area contributed by atoms with Crippen molar-refractivity contribution in [2.75, 3.05) is 13.1 Å². The topological polar surface area (TPSA) is 84.3 Å². The maximum absolute atomic E-state index is 11.6. The zero-order valence-corrected chi connectivity index (χ0v) is 11.7. The van der Waals surface area contributed by atoms with Crippen molar-refractivity contribution in [3.8, 4) is 0 Å². The Morgan fingerprint density at radius 1 is 1.43 bits per heavy atom. The minimum atomic E-state index is -0.447. The fourth-order valence-electron chi connectivity index (χ4n) is 2.31. The first-order chi connectivity index (χ1) is 10.1. The maximum Gasteiger partial charge on any atom is 0.269 e. The van der Waals surface area contributed by atoms with Crippen molar-refractivity contribution in [3.63, 3.8) is 0 Å². The summed E-state index contributed by atoms with van der Waals surface area (Å²) in [6.45, 7) is 1.72. The van der Waals surface area contributed by atoms with Crippen molar-refractivity contribution in [1.82, 2.24) is 10.6 Å². The van der Waals surface area contributed by atoms with Gasteiger partial charge < -0.3 is 10.6 Å². The van der Waals surface area contributed by atoms with Crippen LogP contribution in [0.2, 0.25) is 0 Å². The van der Waals surface area contributed by atoms with Gasteiger partial charge >= 0.3 is 0 Å². The Morgan fingerprint density at radius 2 is 2.19 bits per heavy atom. The van der Waals surface area contributed by atoms with Crippen molar-refractivity contribution in [2.45, 2.75) is 25.3 Å². The van der Waals surface area contributed by atoms with Gasteiger partial charge in [0.1, 0.15) is 0 Å². The van der Waals surface area contributed by atoms with Crippen LogP contribution in [0.5, 0.6) is 0 Å². The van der Waals surface area contributed by atoms with E-state index < -0.39 is 4.92 Å². The Labute approximate surface area is 123 Å². The predicted octanol–water partition coefficient (Wildman–Crippen LogP) is 1.87. The van der Waals surface area contributed by atoms with Crippen LogP contribution in [0, 0.1) is 10.1 Å². The number of nitrogens with zero attached hydrogens (tertiary/aromatic N) is 1. The molecule has 0 bridgehead atoms. The van der Waals surface area contributed by atoms with E-state index in [1.807, 2.05) is 0 Å². The molecule has 1 aliphatic heterocycles. The number of carbonyl (C=O) groups excluding carboxylic acids is 1. The first-order valence-electron chi connectivity index (χ1n) is 7.09. The van der Waals surface area contributed by atoms with Gasteiger partial charge in [-0.2, -0.15) is 0 Å². The minimum Gasteiger partial charge on any atom is -0.352 e. The monoisotopic (exact) mass is 289 g/mol. The lowest BCUT2D eigenvalue weighted by Crippen LogP contribution is -2.29. The zero-order valence-electron chi connectivity index (χ0n) is 11.7. The van der Waals surface area contributed by atoms with Crippen LogP contribution in [0.25, 0.3) is 6.08 Å². The van der Waals surface area contributed by atoms with Gasteiger partial charge in [0.05, 0.1) is 4.92 Å². The van der Waals surface area contributed by atoms with E-state index in [2.05, 4.69) is 10.6 Å². The number of nitro groups is 1. The quantitative estimate of drug-likeness (QED) is 0.475. The third-order valence-electron chi connectivity index (χ3n) is 3.49. The van der Waals surface area contributed by atoms with Gasteiger partial charge in [-0.05, 0) is 49.6 Å². The standard InChI is InChI=1S/C15H19N3O3/c19-15(17-11-9-13-2-1-10-16-13)8-5-12-3-6-14(7-4-12)18(20)21/h3-8,13,16H,1-2,9-11H2,(H,17,19)/b8-5+. The molecule has 6 heteroatoms. The third-order valence-corrected chi connectivity index (χ3v) is 3.49. The number of non-ortho nitro benzene ring substituents is 1. The smallest absolute Gasteiger partial charge is 0.269 e. The highest BCUT2D eigenvalue weighted by atomic mass is 16.6. The van der Waals surface area contributed by atoms with Gasteiger partial charge in [0.15, 0.2) is 0 Å². The number of amides is 1. The molecule has 1 aromatic carbocycles. The molecule has 1 heterocycles. The van der Waals surface area contributed by atoms with Crippen LogP contribution >= 0.6 is 0 Å². The van der Waals surface area contributed by atoms with Gasteiger partial charge in [0.2, 0.25) is 5.91 Å². The van der Waals surface area contributed by atoms with Crippen LogP contribution < -0.4 is 10.6 Å². The van der Waals surface area contributed by atoms with Crippen LogP contribution in [-0.2, 0) is 4.79 Å². The Balaban J connectivity index is 1.74. The number of benzene rings is 1. The molecule has 0 aliphatic carbocycles. The maximum atomic E-state index is 11.6. The molecule has 2 N–H and O–H groups in total. The lowest BCUT2D eigenvalue weighted by molar-refractivity contribution is -0.384. The van der Waals surface area contributed by atoms with Gasteiger partial charge in [-0.25, -0.2) is 0 Å². The lowest BCUT2D eigenvalue weighted by atomic mass is 10.1.